The number of carboxylic acids is 1. The predicted molar refractivity (Wildman–Crippen MR) is 121 cm³/mol. The standard InChI is InChI=1S/C22H31N5O6/c1-12(2)7-17(22(32)33)26-21(31)18(11-28)27-20(30)16(25-19(29)9-23)8-13-10-24-15-6-4-3-5-14(13)15/h3-6,10,12,16-18,24,28H,7-9,11,23H2,1-2H3,(H,25,29)(H,26,31)(H,27,30)(H,32,33). The molecule has 0 saturated heterocycles. The SMILES string of the molecule is CC(C)CC(NC(=O)C(CO)NC(=O)C(Cc1c[nH]c2ccccc12)NC(=O)CN)C(=O)O. The van der Waals surface area contributed by atoms with Crippen LogP contribution in [-0.4, -0.2) is 70.2 Å². The molecular formula is C22H31N5O6. The van der Waals surface area contributed by atoms with Crippen molar-refractivity contribution in [1.29, 1.82) is 0 Å². The number of aromatic amines is 1. The van der Waals surface area contributed by atoms with E-state index in [9.17, 15) is 29.4 Å². The van der Waals surface area contributed by atoms with Crippen molar-refractivity contribution in [2.75, 3.05) is 13.2 Å². The van der Waals surface area contributed by atoms with Crippen LogP contribution in [0.25, 0.3) is 10.9 Å². The fourth-order valence-corrected chi connectivity index (χ4v) is 3.41. The first-order valence-corrected chi connectivity index (χ1v) is 10.6. The molecule has 1 heterocycles. The van der Waals surface area contributed by atoms with Gasteiger partial charge < -0.3 is 36.9 Å². The first-order chi connectivity index (χ1) is 15.7. The molecule has 0 bridgehead atoms. The normalized spacial score (nSPS) is 13.8. The number of aliphatic carboxylic acids is 1. The number of carbonyl (C=O) groups excluding carboxylic acids is 3. The molecule has 1 aromatic carbocycles. The third-order valence-corrected chi connectivity index (χ3v) is 5.07. The average Bonchev–Trinajstić information content (AvgIpc) is 3.18. The lowest BCUT2D eigenvalue weighted by molar-refractivity contribution is -0.143. The van der Waals surface area contributed by atoms with Crippen LogP contribution in [-0.2, 0) is 25.6 Å². The Bertz CT molecular complexity index is 989. The van der Waals surface area contributed by atoms with Gasteiger partial charge in [0.1, 0.15) is 18.1 Å². The Morgan fingerprint density at radius 3 is 2.24 bits per heavy atom. The summed E-state index contributed by atoms with van der Waals surface area (Å²) in [4.78, 5) is 51.9. The van der Waals surface area contributed by atoms with E-state index in [1.807, 2.05) is 38.1 Å². The minimum atomic E-state index is -1.40. The molecule has 2 rings (SSSR count). The van der Waals surface area contributed by atoms with Gasteiger partial charge in [0.2, 0.25) is 17.7 Å². The summed E-state index contributed by atoms with van der Waals surface area (Å²) in [6.07, 6.45) is 2.01. The summed E-state index contributed by atoms with van der Waals surface area (Å²) in [5.41, 5.74) is 6.99. The number of H-pyrrole nitrogens is 1. The number of hydrogen-bond acceptors (Lipinski definition) is 6. The van der Waals surface area contributed by atoms with Crippen molar-refractivity contribution in [3.8, 4) is 0 Å². The molecule has 3 amide bonds. The zero-order valence-corrected chi connectivity index (χ0v) is 18.6. The Balaban J connectivity index is 2.16. The first-order valence-electron chi connectivity index (χ1n) is 10.6. The van der Waals surface area contributed by atoms with E-state index in [0.717, 1.165) is 16.5 Å². The van der Waals surface area contributed by atoms with Gasteiger partial charge in [0, 0.05) is 23.5 Å². The lowest BCUT2D eigenvalue weighted by atomic mass is 10.0. The van der Waals surface area contributed by atoms with E-state index in [1.165, 1.54) is 0 Å². The fraction of sp³-hybridized carbons (Fsp3) is 0.455. The highest BCUT2D eigenvalue weighted by atomic mass is 16.4. The third kappa shape index (κ3) is 7.29. The Labute approximate surface area is 191 Å². The summed E-state index contributed by atoms with van der Waals surface area (Å²) in [6.45, 7) is 2.53. The first kappa shape index (κ1) is 25.8. The molecule has 0 aliphatic heterocycles. The number of aliphatic hydroxyl groups excluding tert-OH is 1. The molecule has 0 radical (unpaired) electrons. The number of carboxylic acid groups (broad SMARTS) is 1. The number of benzene rings is 1. The zero-order chi connectivity index (χ0) is 24.5. The highest BCUT2D eigenvalue weighted by molar-refractivity contribution is 5.94. The largest absolute Gasteiger partial charge is 0.480 e. The van der Waals surface area contributed by atoms with Gasteiger partial charge in [-0.1, -0.05) is 32.0 Å². The van der Waals surface area contributed by atoms with Crippen molar-refractivity contribution in [3.05, 3.63) is 36.0 Å². The molecule has 3 atom stereocenters. The van der Waals surface area contributed by atoms with E-state index in [1.54, 1.807) is 6.20 Å². The predicted octanol–water partition coefficient (Wildman–Crippen LogP) is -0.753. The van der Waals surface area contributed by atoms with E-state index in [4.69, 9.17) is 5.73 Å². The maximum atomic E-state index is 12.9. The van der Waals surface area contributed by atoms with Crippen molar-refractivity contribution in [2.24, 2.45) is 11.7 Å². The number of aromatic nitrogens is 1. The van der Waals surface area contributed by atoms with Gasteiger partial charge in [0.25, 0.3) is 0 Å². The van der Waals surface area contributed by atoms with E-state index in [2.05, 4.69) is 20.9 Å². The van der Waals surface area contributed by atoms with Crippen LogP contribution in [0.5, 0.6) is 0 Å². The number of fused-ring (bicyclic) bond motifs is 1. The Hall–Kier alpha value is -3.44. The second-order valence-corrected chi connectivity index (χ2v) is 8.16. The summed E-state index contributed by atoms with van der Waals surface area (Å²) in [5.74, 6) is -3.34. The van der Waals surface area contributed by atoms with Gasteiger partial charge in [-0.3, -0.25) is 14.4 Å². The van der Waals surface area contributed by atoms with Gasteiger partial charge in [0.15, 0.2) is 0 Å². The van der Waals surface area contributed by atoms with Crippen LogP contribution in [0, 0.1) is 5.92 Å². The summed E-state index contributed by atoms with van der Waals surface area (Å²) < 4.78 is 0. The van der Waals surface area contributed by atoms with Crippen molar-refractivity contribution in [3.63, 3.8) is 0 Å². The van der Waals surface area contributed by atoms with E-state index in [0.29, 0.717) is 0 Å². The van der Waals surface area contributed by atoms with Crippen LogP contribution in [0.2, 0.25) is 0 Å². The van der Waals surface area contributed by atoms with Crippen molar-refractivity contribution in [1.82, 2.24) is 20.9 Å². The topological polar surface area (TPSA) is 187 Å². The lowest BCUT2D eigenvalue weighted by Gasteiger charge is -2.24. The fourth-order valence-electron chi connectivity index (χ4n) is 3.41. The molecule has 3 unspecified atom stereocenters. The van der Waals surface area contributed by atoms with Gasteiger partial charge in [-0.2, -0.15) is 0 Å². The maximum Gasteiger partial charge on any atom is 0.326 e. The highest BCUT2D eigenvalue weighted by Crippen LogP contribution is 2.19. The van der Waals surface area contributed by atoms with Crippen LogP contribution >= 0.6 is 0 Å². The Kier molecular flexibility index (Phi) is 9.37. The van der Waals surface area contributed by atoms with Crippen LogP contribution < -0.4 is 21.7 Å². The monoisotopic (exact) mass is 461 g/mol. The van der Waals surface area contributed by atoms with Crippen LogP contribution in [0.15, 0.2) is 30.5 Å². The molecule has 2 aromatic rings. The van der Waals surface area contributed by atoms with Crippen LogP contribution in [0.4, 0.5) is 0 Å². The van der Waals surface area contributed by atoms with Gasteiger partial charge in [-0.25, -0.2) is 4.79 Å². The average molecular weight is 462 g/mol. The summed E-state index contributed by atoms with van der Waals surface area (Å²) in [7, 11) is 0. The van der Waals surface area contributed by atoms with Crippen LogP contribution in [0.1, 0.15) is 25.8 Å². The molecular weight excluding hydrogens is 430 g/mol. The van der Waals surface area contributed by atoms with Crippen molar-refractivity contribution >= 4 is 34.6 Å². The molecule has 0 spiro atoms. The number of para-hydroxylation sites is 1. The number of aliphatic hydroxyl groups is 1. The maximum absolute atomic E-state index is 12.9. The number of hydrogen-bond donors (Lipinski definition) is 7. The molecule has 8 N–H and O–H groups in total. The van der Waals surface area contributed by atoms with Gasteiger partial charge >= 0.3 is 5.97 Å². The second-order valence-electron chi connectivity index (χ2n) is 8.16. The number of nitrogens with two attached hydrogens (primary N) is 1. The molecule has 0 aliphatic rings. The molecule has 11 nitrogen and oxygen atoms in total. The van der Waals surface area contributed by atoms with Gasteiger partial charge in [0.05, 0.1) is 13.2 Å². The number of rotatable bonds is 12. The molecule has 11 heteroatoms. The van der Waals surface area contributed by atoms with Crippen molar-refractivity contribution < 1.29 is 29.4 Å². The van der Waals surface area contributed by atoms with Gasteiger partial charge in [-0.15, -0.1) is 0 Å². The Morgan fingerprint density at radius 2 is 1.64 bits per heavy atom. The van der Waals surface area contributed by atoms with E-state index >= 15 is 0 Å². The molecule has 0 aliphatic carbocycles. The van der Waals surface area contributed by atoms with Gasteiger partial charge in [-0.05, 0) is 24.0 Å². The summed E-state index contributed by atoms with van der Waals surface area (Å²) in [5, 5.41) is 27.1. The number of carbonyl (C=O) groups is 4. The number of nitrogens with one attached hydrogen (secondary N) is 4. The van der Waals surface area contributed by atoms with E-state index in [-0.39, 0.29) is 25.3 Å². The molecule has 0 saturated carbocycles. The van der Waals surface area contributed by atoms with Crippen molar-refractivity contribution in [2.45, 2.75) is 44.8 Å². The smallest absolute Gasteiger partial charge is 0.326 e. The number of amides is 3. The van der Waals surface area contributed by atoms with Crippen LogP contribution in [0.3, 0.4) is 0 Å². The minimum Gasteiger partial charge on any atom is -0.480 e. The lowest BCUT2D eigenvalue weighted by Crippen LogP contribution is -2.57. The second kappa shape index (κ2) is 12.0. The molecule has 0 fully saturated rings. The zero-order valence-electron chi connectivity index (χ0n) is 18.6. The van der Waals surface area contributed by atoms with E-state index < -0.39 is 48.4 Å². The molecule has 33 heavy (non-hydrogen) atoms. The highest BCUT2D eigenvalue weighted by Gasteiger charge is 2.30. The third-order valence-electron chi connectivity index (χ3n) is 5.07. The Morgan fingerprint density at radius 1 is 1.00 bits per heavy atom. The minimum absolute atomic E-state index is 0.000553. The quantitative estimate of drug-likeness (QED) is 0.216. The summed E-state index contributed by atoms with van der Waals surface area (Å²) in [6, 6.07) is 3.80. The molecule has 180 valence electrons. The summed E-state index contributed by atoms with van der Waals surface area (Å²) >= 11 is 0. The molecule has 1 aromatic heterocycles.